The van der Waals surface area contributed by atoms with Crippen molar-refractivity contribution < 1.29 is 27.1 Å². The number of piperidine rings is 1. The van der Waals surface area contributed by atoms with E-state index in [2.05, 4.69) is 6.92 Å². The van der Waals surface area contributed by atoms with E-state index in [9.17, 15) is 18.0 Å². The van der Waals surface area contributed by atoms with Crippen LogP contribution in [0.5, 0.6) is 11.5 Å². The molecule has 10 heteroatoms. The van der Waals surface area contributed by atoms with Crippen LogP contribution < -0.4 is 15.2 Å². The Morgan fingerprint density at radius 2 is 1.76 bits per heavy atom. The number of rotatable bonds is 5. The van der Waals surface area contributed by atoms with Gasteiger partial charge in [0.05, 0.1) is 17.0 Å². The smallest absolute Gasteiger partial charge is 0.420 e. The van der Waals surface area contributed by atoms with Gasteiger partial charge in [-0.2, -0.15) is 4.31 Å². The number of sulfonamides is 1. The fourth-order valence-corrected chi connectivity index (χ4v) is 5.67. The number of benzene rings is 2. The molecule has 0 radical (unpaired) electrons. The zero-order chi connectivity index (χ0) is 23.2. The van der Waals surface area contributed by atoms with Gasteiger partial charge in [-0.15, -0.1) is 0 Å². The predicted octanol–water partition coefficient (Wildman–Crippen LogP) is 2.67. The van der Waals surface area contributed by atoms with Gasteiger partial charge in [-0.1, -0.05) is 6.92 Å². The average molecular weight is 473 g/mol. The van der Waals surface area contributed by atoms with Crippen molar-refractivity contribution in [3.63, 3.8) is 0 Å². The number of Topliss-reactive ketones (excluding diaryl/α,β-unsaturated/α-hetero) is 1. The van der Waals surface area contributed by atoms with E-state index in [1.54, 1.807) is 18.2 Å². The first-order valence-corrected chi connectivity index (χ1v) is 12.3. The lowest BCUT2D eigenvalue weighted by molar-refractivity contribution is 0.0969. The normalized spacial score (nSPS) is 17.4. The SMILES string of the molecule is CC1CCN(S(=O)(=O)c2ccc3c(c2)oc(=O)n3CC(=O)c2ccc3c(c2)OCCO3)CC1. The van der Waals surface area contributed by atoms with Crippen molar-refractivity contribution in [2.24, 2.45) is 5.92 Å². The maximum Gasteiger partial charge on any atom is 0.420 e. The summed E-state index contributed by atoms with van der Waals surface area (Å²) in [4.78, 5) is 25.4. The lowest BCUT2D eigenvalue weighted by atomic mass is 10.0. The molecule has 0 aliphatic carbocycles. The number of hydrogen-bond donors (Lipinski definition) is 0. The molecule has 2 aromatic carbocycles. The summed E-state index contributed by atoms with van der Waals surface area (Å²) in [5.74, 6) is 0.518. The van der Waals surface area contributed by atoms with Crippen molar-refractivity contribution in [2.45, 2.75) is 31.2 Å². The molecule has 1 fully saturated rings. The number of carbonyl (C=O) groups is 1. The first kappa shape index (κ1) is 21.7. The van der Waals surface area contributed by atoms with E-state index in [0.717, 1.165) is 12.8 Å². The van der Waals surface area contributed by atoms with Crippen LogP contribution >= 0.6 is 0 Å². The molecule has 5 rings (SSSR count). The van der Waals surface area contributed by atoms with Gasteiger partial charge in [0.2, 0.25) is 10.0 Å². The van der Waals surface area contributed by atoms with Gasteiger partial charge in [0.1, 0.15) is 13.2 Å². The van der Waals surface area contributed by atoms with Gasteiger partial charge in [-0.25, -0.2) is 13.2 Å². The molecule has 3 heterocycles. The van der Waals surface area contributed by atoms with Gasteiger partial charge in [0.15, 0.2) is 22.9 Å². The molecule has 0 spiro atoms. The topological polar surface area (TPSA) is 108 Å². The molecule has 174 valence electrons. The molecule has 9 nitrogen and oxygen atoms in total. The molecular formula is C23H24N2O7S. The highest BCUT2D eigenvalue weighted by Gasteiger charge is 2.29. The largest absolute Gasteiger partial charge is 0.486 e. The molecular weight excluding hydrogens is 448 g/mol. The van der Waals surface area contributed by atoms with E-state index >= 15 is 0 Å². The van der Waals surface area contributed by atoms with Gasteiger partial charge in [-0.05, 0) is 49.1 Å². The lowest BCUT2D eigenvalue weighted by Gasteiger charge is -2.29. The number of fused-ring (bicyclic) bond motifs is 2. The predicted molar refractivity (Wildman–Crippen MR) is 119 cm³/mol. The van der Waals surface area contributed by atoms with E-state index in [-0.39, 0.29) is 22.8 Å². The molecule has 1 aromatic heterocycles. The number of aromatic nitrogens is 1. The van der Waals surface area contributed by atoms with Crippen LogP contribution in [-0.2, 0) is 16.6 Å². The molecule has 0 unspecified atom stereocenters. The second kappa shape index (κ2) is 8.35. The summed E-state index contributed by atoms with van der Waals surface area (Å²) >= 11 is 0. The summed E-state index contributed by atoms with van der Waals surface area (Å²) in [6, 6.07) is 9.19. The molecule has 0 saturated carbocycles. The molecule has 0 bridgehead atoms. The first-order valence-electron chi connectivity index (χ1n) is 10.9. The highest BCUT2D eigenvalue weighted by molar-refractivity contribution is 7.89. The van der Waals surface area contributed by atoms with Gasteiger partial charge in [0, 0.05) is 24.7 Å². The van der Waals surface area contributed by atoms with E-state index in [1.165, 1.54) is 27.1 Å². The summed E-state index contributed by atoms with van der Waals surface area (Å²) in [7, 11) is -3.69. The number of hydrogen-bond acceptors (Lipinski definition) is 7. The Balaban J connectivity index is 1.41. The Hall–Kier alpha value is -3.11. The highest BCUT2D eigenvalue weighted by Crippen LogP contribution is 2.31. The maximum atomic E-state index is 13.0. The molecule has 33 heavy (non-hydrogen) atoms. The molecule has 1 saturated heterocycles. The van der Waals surface area contributed by atoms with Crippen LogP contribution in [0.3, 0.4) is 0 Å². The Morgan fingerprint density at radius 3 is 2.52 bits per heavy atom. The van der Waals surface area contributed by atoms with Crippen LogP contribution in [0.15, 0.2) is 50.5 Å². The van der Waals surface area contributed by atoms with Gasteiger partial charge >= 0.3 is 5.76 Å². The summed E-state index contributed by atoms with van der Waals surface area (Å²) in [6.07, 6.45) is 1.63. The second-order valence-corrected chi connectivity index (χ2v) is 10.4. The van der Waals surface area contributed by atoms with E-state index in [0.29, 0.717) is 54.8 Å². The Bertz CT molecular complexity index is 1380. The quantitative estimate of drug-likeness (QED) is 0.525. The molecule has 0 atom stereocenters. The van der Waals surface area contributed by atoms with Crippen LogP contribution in [0.2, 0.25) is 0 Å². The third kappa shape index (κ3) is 4.04. The van der Waals surface area contributed by atoms with E-state index in [4.69, 9.17) is 13.9 Å². The fourth-order valence-electron chi connectivity index (χ4n) is 4.18. The molecule has 0 amide bonds. The maximum absolute atomic E-state index is 13.0. The second-order valence-electron chi connectivity index (χ2n) is 8.45. The van der Waals surface area contributed by atoms with Gasteiger partial charge in [-0.3, -0.25) is 9.36 Å². The Morgan fingerprint density at radius 1 is 1.03 bits per heavy atom. The van der Waals surface area contributed by atoms with Crippen LogP contribution in [0.4, 0.5) is 0 Å². The highest BCUT2D eigenvalue weighted by atomic mass is 32.2. The minimum absolute atomic E-state index is 0.0728. The monoisotopic (exact) mass is 472 g/mol. The van der Waals surface area contributed by atoms with E-state index in [1.807, 2.05) is 0 Å². The number of oxazole rings is 1. The minimum atomic E-state index is -3.69. The molecule has 3 aromatic rings. The Kier molecular flexibility index (Phi) is 5.49. The lowest BCUT2D eigenvalue weighted by Crippen LogP contribution is -2.37. The zero-order valence-corrected chi connectivity index (χ0v) is 19.0. The number of ketones is 1. The Labute approximate surface area is 190 Å². The average Bonchev–Trinajstić information content (AvgIpc) is 3.13. The zero-order valence-electron chi connectivity index (χ0n) is 18.2. The fraction of sp³-hybridized carbons (Fsp3) is 0.391. The first-order chi connectivity index (χ1) is 15.8. The van der Waals surface area contributed by atoms with Crippen molar-refractivity contribution in [3.8, 4) is 11.5 Å². The summed E-state index contributed by atoms with van der Waals surface area (Å²) in [5.41, 5.74) is 0.859. The number of carbonyl (C=O) groups excluding carboxylic acids is 1. The third-order valence-electron chi connectivity index (χ3n) is 6.19. The third-order valence-corrected chi connectivity index (χ3v) is 8.08. The van der Waals surface area contributed by atoms with Crippen molar-refractivity contribution in [1.29, 1.82) is 0 Å². The van der Waals surface area contributed by atoms with Crippen LogP contribution in [0, 0.1) is 5.92 Å². The van der Waals surface area contributed by atoms with Crippen molar-refractivity contribution in [1.82, 2.24) is 8.87 Å². The summed E-state index contributed by atoms with van der Waals surface area (Å²) < 4.78 is 45.0. The van der Waals surface area contributed by atoms with Crippen molar-refractivity contribution >= 4 is 26.9 Å². The van der Waals surface area contributed by atoms with Crippen molar-refractivity contribution in [3.05, 3.63) is 52.5 Å². The number of nitrogens with zero attached hydrogens (tertiary/aromatic N) is 2. The van der Waals surface area contributed by atoms with Gasteiger partial charge in [0.25, 0.3) is 0 Å². The van der Waals surface area contributed by atoms with Crippen LogP contribution in [0.25, 0.3) is 11.1 Å². The number of ether oxygens (including phenoxy) is 2. The standard InChI is InChI=1S/C23H24N2O7S/c1-15-6-8-24(9-7-15)33(28,29)17-3-4-18-21(13-17)32-23(27)25(18)14-19(26)16-2-5-20-22(12-16)31-11-10-30-20/h2-5,12-13,15H,6-11,14H2,1H3. The summed E-state index contributed by atoms with van der Waals surface area (Å²) in [6.45, 7) is 3.65. The molecule has 2 aliphatic rings. The van der Waals surface area contributed by atoms with Gasteiger partial charge < -0.3 is 13.9 Å². The van der Waals surface area contributed by atoms with Crippen LogP contribution in [-0.4, -0.2) is 49.4 Å². The van der Waals surface area contributed by atoms with Crippen molar-refractivity contribution in [2.75, 3.05) is 26.3 Å². The summed E-state index contributed by atoms with van der Waals surface area (Å²) in [5, 5.41) is 0. The minimum Gasteiger partial charge on any atom is -0.486 e. The van der Waals surface area contributed by atoms with E-state index < -0.39 is 15.8 Å². The molecule has 0 N–H and O–H groups in total. The molecule has 2 aliphatic heterocycles. The van der Waals surface area contributed by atoms with Crippen LogP contribution in [0.1, 0.15) is 30.1 Å².